The van der Waals surface area contributed by atoms with E-state index in [0.717, 1.165) is 18.7 Å². The van der Waals surface area contributed by atoms with Crippen LogP contribution in [0.4, 0.5) is 0 Å². The number of aliphatic hydroxyl groups excluding tert-OH is 1. The molecule has 3 aliphatic rings. The smallest absolute Gasteiger partial charge is 0.326 e. The number of aliphatic carboxylic acids is 2. The van der Waals surface area contributed by atoms with Gasteiger partial charge in [0.1, 0.15) is 120 Å². The average Bonchev–Trinajstić information content (AvgIpc) is 1.64. The number of phenolic OH excluding ortho intramolecular Hbond substituents is 3. The lowest BCUT2D eigenvalue weighted by Crippen LogP contribution is -2.61. The topological polar surface area (TPSA) is 851 Å². The van der Waals surface area contributed by atoms with E-state index in [1.54, 1.807) is 20.1 Å². The van der Waals surface area contributed by atoms with E-state index >= 15 is 14.4 Å². The number of likely N-dealkylation sites (tertiary alicyclic amines) is 3. The molecule has 0 radical (unpaired) electrons. The van der Waals surface area contributed by atoms with Crippen LogP contribution < -0.4 is 103 Å². The van der Waals surface area contributed by atoms with E-state index in [9.17, 15) is 127 Å². The van der Waals surface area contributed by atoms with Gasteiger partial charge in [-0.05, 0) is 156 Å². The molecule has 1 aromatic heterocycles. The number of imidazole rings is 1. The highest BCUT2D eigenvalue weighted by atomic mass is 32.2. The molecule has 0 aliphatic carbocycles. The van der Waals surface area contributed by atoms with E-state index in [1.165, 1.54) is 114 Å². The van der Waals surface area contributed by atoms with Crippen LogP contribution in [0, 0.1) is 5.92 Å². The van der Waals surface area contributed by atoms with Gasteiger partial charge < -0.3 is 153 Å². The quantitative estimate of drug-likeness (QED) is 0.0195. The minimum Gasteiger partial charge on any atom is -0.508 e. The number of rotatable bonds is 58. The summed E-state index contributed by atoms with van der Waals surface area (Å²) in [5, 5.41) is 93.8. The molecule has 53 nitrogen and oxygen atoms in total. The molecule has 3 aliphatic heterocycles. The van der Waals surface area contributed by atoms with E-state index in [2.05, 4.69) is 84.4 Å². The Hall–Kier alpha value is -15.7. The second kappa shape index (κ2) is 57.2. The van der Waals surface area contributed by atoms with E-state index in [0.29, 0.717) is 16.7 Å². The summed E-state index contributed by atoms with van der Waals surface area (Å²) in [4.78, 5) is 326. The maximum Gasteiger partial charge on any atom is 0.326 e. The predicted octanol–water partition coefficient (Wildman–Crippen LogP) is -8.42. The van der Waals surface area contributed by atoms with Crippen LogP contribution in [0.1, 0.15) is 153 Å². The number of carboxylic acid groups (broad SMARTS) is 2. The Morgan fingerprint density at radius 3 is 1.22 bits per heavy atom. The van der Waals surface area contributed by atoms with Gasteiger partial charge in [0, 0.05) is 70.0 Å². The summed E-state index contributed by atoms with van der Waals surface area (Å²) in [5.74, 6) is -25.3. The van der Waals surface area contributed by atoms with E-state index in [-0.39, 0.29) is 119 Å². The van der Waals surface area contributed by atoms with Crippen molar-refractivity contribution in [2.24, 2.45) is 34.6 Å². The van der Waals surface area contributed by atoms with Crippen molar-refractivity contribution in [2.75, 3.05) is 38.2 Å². The molecule has 0 spiro atoms. The summed E-state index contributed by atoms with van der Waals surface area (Å²) in [6.07, 6.45) is -2.90. The van der Waals surface area contributed by atoms with E-state index < -0.39 is 309 Å². The Balaban J connectivity index is 1.02. The number of hydrogen-bond acceptors (Lipinski definition) is 30. The monoisotopic (exact) mass is 2080 g/mol. The zero-order valence-electron chi connectivity index (χ0n) is 81.7. The van der Waals surface area contributed by atoms with Gasteiger partial charge in [-0.15, -0.1) is 0 Å². The number of thioether (sulfide) groups is 1. The number of primary amides is 4. The van der Waals surface area contributed by atoms with Gasteiger partial charge in [0.2, 0.25) is 124 Å². The van der Waals surface area contributed by atoms with Crippen LogP contribution in [0.25, 0.3) is 0 Å². The molecule has 4 heterocycles. The van der Waals surface area contributed by atoms with Crippen molar-refractivity contribution in [1.82, 2.24) is 99.1 Å². The number of aromatic hydroxyl groups is 3. The molecule has 802 valence electrons. The van der Waals surface area contributed by atoms with Crippen LogP contribution in [-0.2, 0) is 136 Å². The lowest BCUT2D eigenvalue weighted by molar-refractivity contribution is -0.151. The Morgan fingerprint density at radius 2 is 0.776 bits per heavy atom. The van der Waals surface area contributed by atoms with Crippen molar-refractivity contribution in [3.63, 3.8) is 0 Å². The Labute approximate surface area is 847 Å². The normalized spacial score (nSPS) is 17.3. The maximum atomic E-state index is 15.1. The molecule has 54 heteroatoms. The van der Waals surface area contributed by atoms with Crippen molar-refractivity contribution in [3.8, 4) is 17.2 Å². The van der Waals surface area contributed by atoms with Gasteiger partial charge in [-0.25, -0.2) is 9.78 Å². The summed E-state index contributed by atoms with van der Waals surface area (Å²) in [6, 6.07) is -10.7. The van der Waals surface area contributed by atoms with Crippen LogP contribution in [0.15, 0.2) is 85.3 Å². The number of aromatic nitrogens is 2. The van der Waals surface area contributed by atoms with Crippen molar-refractivity contribution < 1.29 is 141 Å². The van der Waals surface area contributed by atoms with Crippen LogP contribution in [0.3, 0.4) is 0 Å². The number of nitrogens with two attached hydrogens (primary N) is 5. The van der Waals surface area contributed by atoms with E-state index in [4.69, 9.17) is 28.7 Å². The first kappa shape index (κ1) is 118. The van der Waals surface area contributed by atoms with Gasteiger partial charge in [-0.2, -0.15) is 11.8 Å². The highest BCUT2D eigenvalue weighted by Crippen LogP contribution is 2.30. The molecule has 18 atom stereocenters. The number of aromatic amines is 1. The summed E-state index contributed by atoms with van der Waals surface area (Å²) in [6.45, 7) is 5.74. The van der Waals surface area contributed by atoms with Crippen LogP contribution in [0.5, 0.6) is 17.2 Å². The van der Waals surface area contributed by atoms with E-state index in [1.807, 2.05) is 0 Å². The zero-order valence-corrected chi connectivity index (χ0v) is 82.5. The fourth-order valence-electron chi connectivity index (χ4n) is 16.3. The number of nitrogens with zero attached hydrogens (tertiary/aromatic N) is 4. The Morgan fingerprint density at radius 1 is 0.408 bits per heavy atom. The minimum atomic E-state index is -2.02. The number of hydrogen-bond donors (Lipinski definition) is 26. The lowest BCUT2D eigenvalue weighted by Gasteiger charge is -2.35. The summed E-state index contributed by atoms with van der Waals surface area (Å²) < 4.78 is 0. The number of benzene rings is 3. The Bertz CT molecular complexity index is 5390. The SMILES string of the molecule is CSCC[C@H](NC(=O)[C@H](Cc1ccc(O)cc1)NC(=O)[C@@H](N)[C@@H](C)O)C(=O)N[C@@H](CCC(N)=O)C(=O)N[C@@H](Cc1ccc(O)cc1)C(=O)N[C@@H](CC(C)C)C(=O)N[C@@H](CC(N)=O)C(=O)N1CCC[C@H]1C(=O)N1CCC[C@H]1C(=O)N1CCC[C@H]1C(=O)N[C@@H](Cc1ccc(O)cc1)C(=O)N[C@@H](C)C(=O)N[C@@H](CC(=O)O)C(=O)N[C@@H](Cc1cnc[nH]1)C(=O)NCC(=O)N[C@@H](C)C(=O)N[C@@H](CC(N)=O)C(=O)N[C@@H](CCC(N)=O)C(=O)O. The third-order valence-corrected chi connectivity index (χ3v) is 24.8. The zero-order chi connectivity index (χ0) is 109. The van der Waals surface area contributed by atoms with Gasteiger partial charge in [-0.3, -0.25) is 105 Å². The number of phenols is 3. The number of aliphatic hydroxyl groups is 1. The fraction of sp³-hybridized carbons (Fsp3) is 0.527. The molecule has 3 fully saturated rings. The molecule has 7 rings (SSSR count). The largest absolute Gasteiger partial charge is 0.508 e. The molecule has 4 aromatic rings. The molecular weight excluding hydrogens is 1950 g/mol. The number of carboxylic acids is 2. The first-order valence-electron chi connectivity index (χ1n) is 47.4. The highest BCUT2D eigenvalue weighted by Gasteiger charge is 2.49. The molecule has 0 unspecified atom stereocenters. The van der Waals surface area contributed by atoms with Gasteiger partial charge in [0.15, 0.2) is 0 Å². The number of amides is 21. The third-order valence-electron chi connectivity index (χ3n) is 24.1. The maximum absolute atomic E-state index is 15.1. The molecule has 21 amide bonds. The molecule has 147 heavy (non-hydrogen) atoms. The molecule has 0 bridgehead atoms. The minimum absolute atomic E-state index is 0.00589. The molecule has 0 saturated carbocycles. The van der Waals surface area contributed by atoms with Gasteiger partial charge in [-0.1, -0.05) is 50.2 Å². The van der Waals surface area contributed by atoms with Gasteiger partial charge in [0.05, 0.1) is 38.2 Å². The standard InChI is InChI=1S/C93H130N24O29S/c1-45(2)34-59(109-85(137)61(36-50-15-21-54(120)22-16-50)110-80(132)56(25-27-70(94)122)104-81(133)57(29-33-147-6)105-84(136)62(113-89(141)76(98)48(5)118)37-51-17-23-55(121)24-18-51)83(135)114-66(40-73(97)125)90(142)116-31-8-11-68(116)92(144)117-32-9-12-69(117)91(143)115-30-7-10-67(115)88(140)112-60(35-49-13-19-53(119)20-14-49)82(134)103-47(4)78(130)108-65(41-75(127)128)87(139)111-63(38-52-42-99-44-101-52)79(131)100-43-74(126)102-46(3)77(129)107-64(39-72(96)124)86(138)106-58(93(145)146)26-28-71(95)123/h13-24,42,44-48,56-69,76,118-121H,7-12,25-41,43,98H2,1-6H3,(H2,94,122)(H2,95,123)(H2,96,124)(H2,97,125)(H,99,101)(H,100,131)(H,102,126)(H,103,134)(H,104,133)(H,105,136)(H,106,138)(H,107,129)(H,108,130)(H,109,137)(H,110,132)(H,111,139)(H,112,140)(H,113,141)(H,114,135)(H,127,128)(H,145,146)/t46-,47-,48+,56-,57-,58-,59-,60-,61-,62-,63-,64-,65-,66-,67-,68-,69-,76-/m0/s1. The predicted molar refractivity (Wildman–Crippen MR) is 518 cm³/mol. The van der Waals surface area contributed by atoms with Crippen molar-refractivity contribution in [2.45, 2.75) is 265 Å². The van der Waals surface area contributed by atoms with Crippen LogP contribution >= 0.6 is 11.8 Å². The van der Waals surface area contributed by atoms with Crippen LogP contribution in [0.2, 0.25) is 0 Å². The third kappa shape index (κ3) is 37.8. The van der Waals surface area contributed by atoms with Crippen molar-refractivity contribution in [3.05, 3.63) is 108 Å². The summed E-state index contributed by atoms with van der Waals surface area (Å²) in [7, 11) is 0. The molecular formula is C93H130N24O29S. The van der Waals surface area contributed by atoms with Crippen LogP contribution in [-0.4, -0.2) is 338 Å². The number of carbonyl (C=O) groups excluding carboxylic acids is 21. The fourth-order valence-corrected chi connectivity index (χ4v) is 16.8. The summed E-state index contributed by atoms with van der Waals surface area (Å²) in [5.41, 5.74) is 28.9. The first-order chi connectivity index (χ1) is 69.4. The van der Waals surface area contributed by atoms with Gasteiger partial charge >= 0.3 is 11.9 Å². The number of H-pyrrole nitrogens is 1. The lowest BCUT2D eigenvalue weighted by atomic mass is 10.00. The molecule has 3 saturated heterocycles. The number of carbonyl (C=O) groups is 23. The molecule has 3 aromatic carbocycles. The Kier molecular flexibility index (Phi) is 46.0. The second-order valence-corrected chi connectivity index (χ2v) is 37.3. The first-order valence-corrected chi connectivity index (χ1v) is 48.7. The highest BCUT2D eigenvalue weighted by molar-refractivity contribution is 7.98. The van der Waals surface area contributed by atoms with Crippen molar-refractivity contribution >= 4 is 148 Å². The molecule has 31 N–H and O–H groups in total. The second-order valence-electron chi connectivity index (χ2n) is 36.3. The average molecular weight is 2080 g/mol. The van der Waals surface area contributed by atoms with Gasteiger partial charge in [0.25, 0.3) is 0 Å². The summed E-state index contributed by atoms with van der Waals surface area (Å²) >= 11 is 1.28. The number of nitrogens with one attached hydrogen (secondary N) is 15. The van der Waals surface area contributed by atoms with Crippen molar-refractivity contribution in [1.29, 1.82) is 0 Å².